The van der Waals surface area contributed by atoms with Gasteiger partial charge < -0.3 is 24.8 Å². The number of ether oxygens (including phenoxy) is 2. The number of methoxy groups -OCH3 is 1. The van der Waals surface area contributed by atoms with Gasteiger partial charge in [-0.2, -0.15) is 9.67 Å². The van der Waals surface area contributed by atoms with E-state index in [1.807, 2.05) is 18.2 Å². The van der Waals surface area contributed by atoms with Crippen LogP contribution < -0.4 is 15.0 Å². The Balaban J connectivity index is 1.53. The second kappa shape index (κ2) is 9.92. The van der Waals surface area contributed by atoms with Crippen molar-refractivity contribution in [1.82, 2.24) is 35.2 Å². The van der Waals surface area contributed by atoms with Gasteiger partial charge >= 0.3 is 5.97 Å². The van der Waals surface area contributed by atoms with E-state index >= 15 is 0 Å². The molecule has 1 aromatic carbocycles. The highest BCUT2D eigenvalue weighted by Crippen LogP contribution is 2.32. The number of rotatable bonds is 7. The predicted octanol–water partition coefficient (Wildman–Crippen LogP) is 2.11. The fraction of sp³-hybridized carbons (Fsp3) is 0.261. The molecule has 1 aliphatic heterocycles. The van der Waals surface area contributed by atoms with E-state index in [1.54, 1.807) is 37.2 Å². The Hall–Kier alpha value is -4.65. The Kier molecular flexibility index (Phi) is 6.36. The van der Waals surface area contributed by atoms with Gasteiger partial charge in [0.05, 0.1) is 31.6 Å². The van der Waals surface area contributed by atoms with E-state index in [0.717, 1.165) is 0 Å². The van der Waals surface area contributed by atoms with Crippen molar-refractivity contribution in [3.05, 3.63) is 54.2 Å². The van der Waals surface area contributed by atoms with Crippen LogP contribution in [0, 0.1) is 6.92 Å². The van der Waals surface area contributed by atoms with Crippen LogP contribution in [0.5, 0.6) is 5.75 Å². The van der Waals surface area contributed by atoms with Crippen molar-refractivity contribution in [3.8, 4) is 22.6 Å². The maximum Gasteiger partial charge on any atom is 0.337 e. The van der Waals surface area contributed by atoms with Crippen molar-refractivity contribution >= 4 is 23.4 Å². The molecule has 0 unspecified atom stereocenters. The number of nitrogens with zero attached hydrogens (tertiary/aromatic N) is 8. The second-order valence-corrected chi connectivity index (χ2v) is 7.98. The molecule has 184 valence electrons. The van der Waals surface area contributed by atoms with Crippen LogP contribution in [0.3, 0.4) is 0 Å². The summed E-state index contributed by atoms with van der Waals surface area (Å²) < 4.78 is 12.6. The van der Waals surface area contributed by atoms with Gasteiger partial charge in [-0.25, -0.2) is 9.78 Å². The Morgan fingerprint density at radius 1 is 1.14 bits per heavy atom. The minimum atomic E-state index is -1.05. The Labute approximate surface area is 205 Å². The van der Waals surface area contributed by atoms with E-state index in [1.165, 1.54) is 6.20 Å². The monoisotopic (exact) mass is 489 g/mol. The number of aromatic nitrogens is 7. The molecule has 0 amide bonds. The molecule has 1 saturated heterocycles. The minimum absolute atomic E-state index is 0.0874. The quantitative estimate of drug-likeness (QED) is 0.391. The lowest BCUT2D eigenvalue weighted by Gasteiger charge is -2.29. The first-order valence-corrected chi connectivity index (χ1v) is 11.1. The number of carboxylic acid groups (broad SMARTS) is 1. The number of carbonyl (C=O) groups is 1. The first kappa shape index (κ1) is 23.1. The van der Waals surface area contributed by atoms with Crippen LogP contribution in [0.2, 0.25) is 0 Å². The third-order valence-corrected chi connectivity index (χ3v) is 5.63. The van der Waals surface area contributed by atoms with E-state index in [2.05, 4.69) is 35.7 Å². The number of benzene rings is 1. The molecule has 36 heavy (non-hydrogen) atoms. The lowest BCUT2D eigenvalue weighted by atomic mass is 10.1. The van der Waals surface area contributed by atoms with Gasteiger partial charge in [0.2, 0.25) is 5.95 Å². The molecule has 13 heteroatoms. The zero-order chi connectivity index (χ0) is 25.1. The molecule has 0 saturated carbocycles. The number of morpholine rings is 1. The Bertz CT molecular complexity index is 1400. The molecule has 1 aliphatic rings. The van der Waals surface area contributed by atoms with Gasteiger partial charge in [-0.15, -0.1) is 5.10 Å². The fourth-order valence-corrected chi connectivity index (χ4v) is 3.85. The van der Waals surface area contributed by atoms with Crippen molar-refractivity contribution in [2.75, 3.05) is 43.6 Å². The Morgan fingerprint density at radius 2 is 1.97 bits per heavy atom. The molecular weight excluding hydrogens is 466 g/mol. The highest BCUT2D eigenvalue weighted by atomic mass is 16.5. The molecule has 13 nitrogen and oxygen atoms in total. The second-order valence-electron chi connectivity index (χ2n) is 7.98. The molecule has 0 spiro atoms. The van der Waals surface area contributed by atoms with Gasteiger partial charge in [-0.3, -0.25) is 4.98 Å². The number of carboxylic acids is 1. The number of tetrazole rings is 1. The number of nitrogens with one attached hydrogen (secondary N) is 1. The molecule has 4 heterocycles. The average Bonchev–Trinajstić information content (AvgIpc) is 3.35. The average molecular weight is 489 g/mol. The maximum atomic E-state index is 11.5. The number of anilines is 3. The van der Waals surface area contributed by atoms with Crippen LogP contribution in [-0.2, 0) is 4.74 Å². The van der Waals surface area contributed by atoms with Crippen molar-refractivity contribution in [3.63, 3.8) is 0 Å². The van der Waals surface area contributed by atoms with Gasteiger partial charge in [0.1, 0.15) is 11.6 Å². The summed E-state index contributed by atoms with van der Waals surface area (Å²) in [5.41, 5.74) is 2.76. The van der Waals surface area contributed by atoms with E-state index in [0.29, 0.717) is 72.1 Å². The molecule has 3 aromatic heterocycles. The topological polar surface area (TPSA) is 153 Å². The third-order valence-electron chi connectivity index (χ3n) is 5.63. The van der Waals surface area contributed by atoms with Crippen LogP contribution in [0.25, 0.3) is 16.8 Å². The maximum absolute atomic E-state index is 11.5. The van der Waals surface area contributed by atoms with Gasteiger partial charge in [0.15, 0.2) is 5.82 Å². The lowest BCUT2D eigenvalue weighted by Crippen LogP contribution is -2.37. The van der Waals surface area contributed by atoms with Crippen molar-refractivity contribution in [1.29, 1.82) is 0 Å². The van der Waals surface area contributed by atoms with Gasteiger partial charge in [0, 0.05) is 60.6 Å². The van der Waals surface area contributed by atoms with E-state index in [4.69, 9.17) is 14.5 Å². The molecule has 0 aliphatic carbocycles. The Morgan fingerprint density at radius 3 is 2.69 bits per heavy atom. The molecule has 0 bridgehead atoms. The predicted molar refractivity (Wildman–Crippen MR) is 129 cm³/mol. The zero-order valence-electron chi connectivity index (χ0n) is 19.6. The van der Waals surface area contributed by atoms with Gasteiger partial charge in [0.25, 0.3) is 0 Å². The third kappa shape index (κ3) is 4.77. The van der Waals surface area contributed by atoms with E-state index in [9.17, 15) is 9.90 Å². The molecule has 4 aromatic rings. The lowest BCUT2D eigenvalue weighted by molar-refractivity contribution is 0.0696. The van der Waals surface area contributed by atoms with Gasteiger partial charge in [-0.1, -0.05) is 0 Å². The van der Waals surface area contributed by atoms with Crippen LogP contribution in [0.1, 0.15) is 16.2 Å². The highest BCUT2D eigenvalue weighted by Gasteiger charge is 2.20. The summed E-state index contributed by atoms with van der Waals surface area (Å²) in [6.45, 7) is 4.19. The molecule has 5 rings (SSSR count). The van der Waals surface area contributed by atoms with E-state index in [-0.39, 0.29) is 5.56 Å². The minimum Gasteiger partial charge on any atom is -0.497 e. The highest BCUT2D eigenvalue weighted by molar-refractivity contribution is 5.89. The summed E-state index contributed by atoms with van der Waals surface area (Å²) in [7, 11) is 1.58. The van der Waals surface area contributed by atoms with Crippen molar-refractivity contribution < 1.29 is 19.4 Å². The molecule has 0 atom stereocenters. The van der Waals surface area contributed by atoms with E-state index < -0.39 is 5.97 Å². The smallest absolute Gasteiger partial charge is 0.337 e. The number of hydrogen-bond donors (Lipinski definition) is 2. The summed E-state index contributed by atoms with van der Waals surface area (Å²) >= 11 is 0. The van der Waals surface area contributed by atoms with Crippen LogP contribution in [-0.4, -0.2) is 79.6 Å². The van der Waals surface area contributed by atoms with Crippen LogP contribution >= 0.6 is 0 Å². The SMILES string of the molecule is COc1cc(Nc2ncc(-c3cncc(C(=O)O)c3)c(N3CCOCC3)n2)cc(-n2nnnc2C)c1. The summed E-state index contributed by atoms with van der Waals surface area (Å²) in [6.07, 6.45) is 4.57. The molecule has 2 N–H and O–H groups in total. The standard InChI is InChI=1S/C23H23N9O4/c1-14-28-29-30-32(14)18-8-17(9-19(10-18)35-2)26-23-25-13-20(15-7-16(22(33)34)12-24-11-15)21(27-23)31-3-5-36-6-4-31/h7-13H,3-6H2,1-2H3,(H,33,34)(H,25,26,27). The number of hydrogen-bond acceptors (Lipinski definition) is 11. The molecule has 1 fully saturated rings. The molecule has 0 radical (unpaired) electrons. The summed E-state index contributed by atoms with van der Waals surface area (Å²) in [4.78, 5) is 27.0. The largest absolute Gasteiger partial charge is 0.497 e. The molecular formula is C23H23N9O4. The van der Waals surface area contributed by atoms with Crippen molar-refractivity contribution in [2.24, 2.45) is 0 Å². The summed E-state index contributed by atoms with van der Waals surface area (Å²) in [5, 5.41) is 24.3. The first-order chi connectivity index (χ1) is 17.5. The number of pyridine rings is 1. The number of aryl methyl sites for hydroxylation is 1. The summed E-state index contributed by atoms with van der Waals surface area (Å²) in [5.74, 6) is 1.19. The first-order valence-electron chi connectivity index (χ1n) is 11.1. The summed E-state index contributed by atoms with van der Waals surface area (Å²) in [6, 6.07) is 7.06. The zero-order valence-corrected chi connectivity index (χ0v) is 19.6. The normalized spacial score (nSPS) is 13.4. The fourth-order valence-electron chi connectivity index (χ4n) is 3.85. The van der Waals surface area contributed by atoms with Crippen LogP contribution in [0.4, 0.5) is 17.5 Å². The van der Waals surface area contributed by atoms with Crippen molar-refractivity contribution in [2.45, 2.75) is 6.92 Å². The number of aromatic carboxylic acids is 1. The van der Waals surface area contributed by atoms with Crippen LogP contribution in [0.15, 0.2) is 42.9 Å². The van der Waals surface area contributed by atoms with Gasteiger partial charge in [-0.05, 0) is 29.5 Å².